The van der Waals surface area contributed by atoms with Crippen LogP contribution in [0, 0.1) is 12.7 Å². The summed E-state index contributed by atoms with van der Waals surface area (Å²) in [6, 6.07) is 5.63. The van der Waals surface area contributed by atoms with Crippen LogP contribution in [0.2, 0.25) is 5.02 Å². The summed E-state index contributed by atoms with van der Waals surface area (Å²) in [5, 5.41) is 15.6. The Labute approximate surface area is 188 Å². The van der Waals surface area contributed by atoms with Crippen LogP contribution in [0.4, 0.5) is 10.1 Å². The third-order valence-electron chi connectivity index (χ3n) is 4.86. The van der Waals surface area contributed by atoms with Gasteiger partial charge in [0.2, 0.25) is 0 Å². The molecular formula is C21H21ClFN7O2. The van der Waals surface area contributed by atoms with Crippen LogP contribution in [0.1, 0.15) is 28.7 Å². The van der Waals surface area contributed by atoms with E-state index in [-0.39, 0.29) is 23.4 Å². The van der Waals surface area contributed by atoms with Crippen molar-refractivity contribution in [3.8, 4) is 5.75 Å². The van der Waals surface area contributed by atoms with E-state index in [1.54, 1.807) is 29.3 Å². The zero-order valence-electron chi connectivity index (χ0n) is 17.5. The number of aromatic nitrogens is 6. The van der Waals surface area contributed by atoms with Crippen molar-refractivity contribution in [3.05, 3.63) is 76.8 Å². The number of aryl methyl sites for hydroxylation is 1. The number of carbonyl (C=O) groups excluding carboxylic acids is 1. The van der Waals surface area contributed by atoms with Gasteiger partial charge in [-0.2, -0.15) is 15.3 Å². The summed E-state index contributed by atoms with van der Waals surface area (Å²) in [5.41, 5.74) is 2.93. The van der Waals surface area contributed by atoms with Crippen LogP contribution >= 0.6 is 11.6 Å². The van der Waals surface area contributed by atoms with E-state index in [9.17, 15) is 9.18 Å². The van der Waals surface area contributed by atoms with Crippen LogP contribution in [0.5, 0.6) is 5.75 Å². The molecule has 166 valence electrons. The maximum atomic E-state index is 13.2. The number of rotatable bonds is 8. The molecule has 9 nitrogen and oxygen atoms in total. The molecule has 3 aromatic heterocycles. The molecule has 32 heavy (non-hydrogen) atoms. The Morgan fingerprint density at radius 3 is 2.81 bits per heavy atom. The van der Waals surface area contributed by atoms with Crippen molar-refractivity contribution in [2.75, 3.05) is 5.32 Å². The monoisotopic (exact) mass is 457 g/mol. The molecule has 0 aliphatic carbocycles. The van der Waals surface area contributed by atoms with E-state index in [2.05, 4.69) is 20.6 Å². The molecule has 0 bridgehead atoms. The van der Waals surface area contributed by atoms with Gasteiger partial charge in [0.05, 0.1) is 29.6 Å². The first-order valence-corrected chi connectivity index (χ1v) is 10.3. The Bertz CT molecular complexity index is 1250. The average Bonchev–Trinajstić information content (AvgIpc) is 3.50. The standard InChI is InChI=1S/C21H21ClFN7O2/c1-3-30-14(2)15(9-25-30)11-29-12-16(10-24-29)26-21(31)20-6-7-28(27-20)13-32-17-4-5-19(23)18(22)8-17/h4-10,12H,3,11,13H2,1-2H3,(H,26,31). The first-order valence-electron chi connectivity index (χ1n) is 9.89. The highest BCUT2D eigenvalue weighted by Crippen LogP contribution is 2.21. The lowest BCUT2D eigenvalue weighted by molar-refractivity contribution is 0.102. The van der Waals surface area contributed by atoms with E-state index in [0.29, 0.717) is 18.0 Å². The van der Waals surface area contributed by atoms with Crippen molar-refractivity contribution in [1.29, 1.82) is 0 Å². The molecule has 0 saturated carbocycles. The van der Waals surface area contributed by atoms with E-state index in [1.807, 2.05) is 24.7 Å². The Kier molecular flexibility index (Phi) is 6.22. The first kappa shape index (κ1) is 21.6. The molecular weight excluding hydrogens is 437 g/mol. The molecule has 0 fully saturated rings. The van der Waals surface area contributed by atoms with Gasteiger partial charge < -0.3 is 10.1 Å². The van der Waals surface area contributed by atoms with Gasteiger partial charge in [0.25, 0.3) is 5.91 Å². The van der Waals surface area contributed by atoms with Crippen LogP contribution < -0.4 is 10.1 Å². The first-order chi connectivity index (χ1) is 15.4. The predicted octanol–water partition coefficient (Wildman–Crippen LogP) is 3.73. The maximum absolute atomic E-state index is 13.2. The summed E-state index contributed by atoms with van der Waals surface area (Å²) in [7, 11) is 0. The molecule has 1 N–H and O–H groups in total. The topological polar surface area (TPSA) is 91.8 Å². The molecule has 0 atom stereocenters. The predicted molar refractivity (Wildman–Crippen MR) is 116 cm³/mol. The number of hydrogen-bond acceptors (Lipinski definition) is 5. The fourth-order valence-corrected chi connectivity index (χ4v) is 3.28. The lowest BCUT2D eigenvalue weighted by Gasteiger charge is -2.06. The fourth-order valence-electron chi connectivity index (χ4n) is 3.11. The quantitative estimate of drug-likeness (QED) is 0.435. The molecule has 3 heterocycles. The van der Waals surface area contributed by atoms with Crippen LogP contribution in [-0.4, -0.2) is 35.2 Å². The smallest absolute Gasteiger partial charge is 0.276 e. The number of hydrogen-bond donors (Lipinski definition) is 1. The average molecular weight is 458 g/mol. The van der Waals surface area contributed by atoms with Gasteiger partial charge in [-0.3, -0.25) is 14.2 Å². The third kappa shape index (κ3) is 4.80. The third-order valence-corrected chi connectivity index (χ3v) is 5.15. The summed E-state index contributed by atoms with van der Waals surface area (Å²) in [5.74, 6) is -0.500. The van der Waals surface area contributed by atoms with Gasteiger partial charge in [-0.05, 0) is 32.0 Å². The molecule has 4 rings (SSSR count). The molecule has 0 saturated heterocycles. The number of anilines is 1. The van der Waals surface area contributed by atoms with Crippen LogP contribution in [0.3, 0.4) is 0 Å². The highest BCUT2D eigenvalue weighted by molar-refractivity contribution is 6.30. The van der Waals surface area contributed by atoms with Crippen LogP contribution in [-0.2, 0) is 19.8 Å². The largest absolute Gasteiger partial charge is 0.471 e. The SMILES string of the molecule is CCn1ncc(Cn2cc(NC(=O)c3ccn(COc4ccc(F)c(Cl)c4)n3)cn2)c1C. The maximum Gasteiger partial charge on any atom is 0.276 e. The molecule has 0 unspecified atom stereocenters. The van der Waals surface area contributed by atoms with Crippen molar-refractivity contribution >= 4 is 23.2 Å². The van der Waals surface area contributed by atoms with E-state index >= 15 is 0 Å². The van der Waals surface area contributed by atoms with Gasteiger partial charge in [0, 0.05) is 36.3 Å². The summed E-state index contributed by atoms with van der Waals surface area (Å²) in [6.45, 7) is 5.46. The molecule has 0 spiro atoms. The molecule has 11 heteroatoms. The highest BCUT2D eigenvalue weighted by Gasteiger charge is 2.12. The van der Waals surface area contributed by atoms with Crippen LogP contribution in [0.25, 0.3) is 0 Å². The number of nitrogens with one attached hydrogen (secondary N) is 1. The second-order valence-corrected chi connectivity index (χ2v) is 7.45. The van der Waals surface area contributed by atoms with Gasteiger partial charge in [-0.1, -0.05) is 11.6 Å². The molecule has 4 aromatic rings. The Morgan fingerprint density at radius 1 is 1.22 bits per heavy atom. The van der Waals surface area contributed by atoms with Crippen LogP contribution in [0.15, 0.2) is 49.1 Å². The second-order valence-electron chi connectivity index (χ2n) is 7.04. The molecule has 1 amide bonds. The Morgan fingerprint density at radius 2 is 2.06 bits per heavy atom. The fraction of sp³-hybridized carbons (Fsp3) is 0.238. The van der Waals surface area contributed by atoms with Crippen molar-refractivity contribution in [2.24, 2.45) is 0 Å². The molecule has 0 radical (unpaired) electrons. The number of ether oxygens (including phenoxy) is 1. The zero-order chi connectivity index (χ0) is 22.7. The molecule has 1 aromatic carbocycles. The van der Waals surface area contributed by atoms with Crippen molar-refractivity contribution in [3.63, 3.8) is 0 Å². The summed E-state index contributed by atoms with van der Waals surface area (Å²) >= 11 is 5.74. The minimum absolute atomic E-state index is 0.0297. The lowest BCUT2D eigenvalue weighted by atomic mass is 10.2. The number of amides is 1. The minimum Gasteiger partial charge on any atom is -0.471 e. The van der Waals surface area contributed by atoms with E-state index in [4.69, 9.17) is 16.3 Å². The minimum atomic E-state index is -0.522. The van der Waals surface area contributed by atoms with Gasteiger partial charge in [0.1, 0.15) is 11.6 Å². The Hall–Kier alpha value is -3.66. The lowest BCUT2D eigenvalue weighted by Crippen LogP contribution is -2.14. The van der Waals surface area contributed by atoms with E-state index in [1.165, 1.54) is 22.9 Å². The van der Waals surface area contributed by atoms with Gasteiger partial charge in [0.15, 0.2) is 12.4 Å². The zero-order valence-corrected chi connectivity index (χ0v) is 18.3. The normalized spacial score (nSPS) is 11.0. The van der Waals surface area contributed by atoms with Gasteiger partial charge in [-0.25, -0.2) is 9.07 Å². The molecule has 0 aliphatic rings. The summed E-state index contributed by atoms with van der Waals surface area (Å²) < 4.78 is 23.8. The number of nitrogens with zero attached hydrogens (tertiary/aromatic N) is 6. The summed E-state index contributed by atoms with van der Waals surface area (Å²) in [4.78, 5) is 12.5. The van der Waals surface area contributed by atoms with Crippen molar-refractivity contribution < 1.29 is 13.9 Å². The van der Waals surface area contributed by atoms with E-state index < -0.39 is 5.82 Å². The second kappa shape index (κ2) is 9.23. The van der Waals surface area contributed by atoms with E-state index in [0.717, 1.165) is 17.8 Å². The van der Waals surface area contributed by atoms with Gasteiger partial charge >= 0.3 is 0 Å². The number of carbonyl (C=O) groups is 1. The van der Waals surface area contributed by atoms with Gasteiger partial charge in [-0.15, -0.1) is 0 Å². The summed E-state index contributed by atoms with van der Waals surface area (Å²) in [6.07, 6.45) is 6.76. The number of benzene rings is 1. The van der Waals surface area contributed by atoms with Crippen molar-refractivity contribution in [1.82, 2.24) is 29.3 Å². The molecule has 0 aliphatic heterocycles. The number of halogens is 2. The van der Waals surface area contributed by atoms with Crippen molar-refractivity contribution in [2.45, 2.75) is 33.7 Å². The Balaban J connectivity index is 1.34. The highest BCUT2D eigenvalue weighted by atomic mass is 35.5.